The SMILES string of the molecule is O=CBN1CCC(c2ncc(-c3ccc4nc5c(n4c3)[C@@H](c3ccccc3CC(F)F)C[C@H]5O)cn2)CC1. The van der Waals surface area contributed by atoms with Gasteiger partial charge in [0.15, 0.2) is 0 Å². The van der Waals surface area contributed by atoms with Crippen LogP contribution in [-0.2, 0) is 11.2 Å². The van der Waals surface area contributed by atoms with Gasteiger partial charge in [0.05, 0.1) is 23.7 Å². The van der Waals surface area contributed by atoms with Gasteiger partial charge in [0.2, 0.25) is 6.43 Å². The molecule has 6 rings (SSSR count). The van der Waals surface area contributed by atoms with Gasteiger partial charge < -0.3 is 19.1 Å². The highest BCUT2D eigenvalue weighted by molar-refractivity contribution is 6.64. The number of aliphatic hydroxyl groups is 1. The number of carbonyl (C=O) groups is 1. The van der Waals surface area contributed by atoms with Crippen LogP contribution in [0, 0.1) is 0 Å². The number of rotatable bonds is 7. The number of hydrogen-bond donors (Lipinski definition) is 1. The van der Waals surface area contributed by atoms with Crippen molar-refractivity contribution in [1.29, 1.82) is 0 Å². The van der Waals surface area contributed by atoms with Gasteiger partial charge in [-0.25, -0.2) is 23.7 Å². The zero-order chi connectivity index (χ0) is 26.2. The summed E-state index contributed by atoms with van der Waals surface area (Å²) in [5.41, 5.74) is 5.33. The van der Waals surface area contributed by atoms with Crippen LogP contribution in [0.3, 0.4) is 0 Å². The highest BCUT2D eigenvalue weighted by atomic mass is 19.3. The predicted octanol–water partition coefficient (Wildman–Crippen LogP) is 3.89. The number of imidazole rings is 1. The molecule has 2 atom stereocenters. The van der Waals surface area contributed by atoms with E-state index >= 15 is 0 Å². The molecule has 3 aromatic heterocycles. The molecule has 1 aromatic carbocycles. The van der Waals surface area contributed by atoms with Gasteiger partial charge in [-0.05, 0) is 55.6 Å². The second kappa shape index (κ2) is 10.3. The van der Waals surface area contributed by atoms with E-state index < -0.39 is 12.5 Å². The fraction of sp³-hybridized carbons (Fsp3) is 0.357. The molecule has 38 heavy (non-hydrogen) atoms. The Morgan fingerprint density at radius 3 is 2.58 bits per heavy atom. The van der Waals surface area contributed by atoms with Crippen LogP contribution in [-0.4, -0.2) is 62.4 Å². The van der Waals surface area contributed by atoms with Gasteiger partial charge in [0, 0.05) is 48.0 Å². The van der Waals surface area contributed by atoms with Crippen LogP contribution in [0.1, 0.15) is 65.5 Å². The van der Waals surface area contributed by atoms with Crippen LogP contribution in [0.25, 0.3) is 16.8 Å². The van der Waals surface area contributed by atoms with E-state index in [1.54, 1.807) is 12.1 Å². The summed E-state index contributed by atoms with van der Waals surface area (Å²) in [5.74, 6) is 0.869. The molecule has 194 valence electrons. The van der Waals surface area contributed by atoms with Crippen molar-refractivity contribution in [3.05, 3.63) is 83.3 Å². The molecule has 0 radical (unpaired) electrons. The number of alkyl halides is 2. The third-order valence-electron chi connectivity index (χ3n) is 7.88. The summed E-state index contributed by atoms with van der Waals surface area (Å²) in [4.78, 5) is 26.9. The highest BCUT2D eigenvalue weighted by Crippen LogP contribution is 2.45. The number of pyridine rings is 1. The number of nitrogens with zero attached hydrogens (tertiary/aromatic N) is 5. The van der Waals surface area contributed by atoms with Crippen LogP contribution in [0.15, 0.2) is 55.0 Å². The normalized spacial score (nSPS) is 20.2. The Morgan fingerprint density at radius 2 is 1.84 bits per heavy atom. The summed E-state index contributed by atoms with van der Waals surface area (Å²) in [7, 11) is 0.475. The van der Waals surface area contributed by atoms with Crippen LogP contribution >= 0.6 is 0 Å². The summed E-state index contributed by atoms with van der Waals surface area (Å²) in [6, 6.07) is 11.1. The Bertz CT molecular complexity index is 1450. The van der Waals surface area contributed by atoms with Crippen molar-refractivity contribution >= 4 is 19.2 Å². The highest BCUT2D eigenvalue weighted by Gasteiger charge is 2.37. The average Bonchev–Trinajstić information content (AvgIpc) is 3.46. The van der Waals surface area contributed by atoms with Crippen LogP contribution in [0.2, 0.25) is 0 Å². The molecule has 0 bridgehead atoms. The van der Waals surface area contributed by atoms with E-state index in [4.69, 9.17) is 0 Å². The monoisotopic (exact) mass is 515 g/mol. The number of benzene rings is 1. The summed E-state index contributed by atoms with van der Waals surface area (Å²) >= 11 is 0. The predicted molar refractivity (Wildman–Crippen MR) is 141 cm³/mol. The molecular formula is C28H28BF2N5O2. The summed E-state index contributed by atoms with van der Waals surface area (Å²) in [6.45, 7) is 1.73. The molecule has 4 heterocycles. The summed E-state index contributed by atoms with van der Waals surface area (Å²) in [5, 5.41) is 10.8. The Labute approximate surface area is 219 Å². The largest absolute Gasteiger partial charge is 0.387 e. The molecule has 10 heteroatoms. The summed E-state index contributed by atoms with van der Waals surface area (Å²) in [6.07, 6.45) is 5.34. The molecule has 0 amide bonds. The number of piperidine rings is 1. The maximum atomic E-state index is 13.3. The molecular weight excluding hydrogens is 487 g/mol. The maximum absolute atomic E-state index is 13.3. The van der Waals surface area contributed by atoms with Gasteiger partial charge >= 0.3 is 0 Å². The first-order chi connectivity index (χ1) is 18.5. The minimum absolute atomic E-state index is 0.232. The molecule has 4 aromatic rings. The Balaban J connectivity index is 1.30. The maximum Gasteiger partial charge on any atom is 0.281 e. The number of aromatic nitrogens is 4. The molecule has 7 nitrogen and oxygen atoms in total. The molecule has 0 saturated carbocycles. The van der Waals surface area contributed by atoms with Crippen molar-refractivity contribution < 1.29 is 18.7 Å². The van der Waals surface area contributed by atoms with Crippen molar-refractivity contribution in [3.8, 4) is 11.1 Å². The molecule has 0 unspecified atom stereocenters. The van der Waals surface area contributed by atoms with Crippen LogP contribution < -0.4 is 0 Å². The zero-order valence-electron chi connectivity index (χ0n) is 20.9. The fourth-order valence-corrected chi connectivity index (χ4v) is 5.97. The molecule has 0 spiro atoms. The summed E-state index contributed by atoms with van der Waals surface area (Å²) < 4.78 is 28.6. The van der Waals surface area contributed by atoms with Gasteiger partial charge in [-0.1, -0.05) is 24.3 Å². The van der Waals surface area contributed by atoms with Crippen LogP contribution in [0.4, 0.5) is 8.78 Å². The van der Waals surface area contributed by atoms with E-state index in [1.807, 2.05) is 47.3 Å². The third kappa shape index (κ3) is 4.63. The number of hydrogen-bond acceptors (Lipinski definition) is 6. The first-order valence-corrected chi connectivity index (χ1v) is 13.1. The average molecular weight is 515 g/mol. The van der Waals surface area contributed by atoms with E-state index in [1.165, 1.54) is 0 Å². The first-order valence-electron chi connectivity index (χ1n) is 13.1. The molecule has 2 aliphatic rings. The lowest BCUT2D eigenvalue weighted by Crippen LogP contribution is -2.36. The quantitative estimate of drug-likeness (QED) is 0.297. The van der Waals surface area contributed by atoms with Crippen molar-refractivity contribution in [3.63, 3.8) is 0 Å². The fourth-order valence-electron chi connectivity index (χ4n) is 5.97. The van der Waals surface area contributed by atoms with E-state index in [9.17, 15) is 18.7 Å². The Kier molecular flexibility index (Phi) is 6.76. The second-order valence-corrected chi connectivity index (χ2v) is 10.2. The number of aliphatic hydroxyl groups excluding tert-OH is 1. The minimum atomic E-state index is -2.44. The molecule has 1 fully saturated rings. The van der Waals surface area contributed by atoms with Crippen molar-refractivity contribution in [1.82, 2.24) is 24.2 Å². The first kappa shape index (κ1) is 24.8. The van der Waals surface area contributed by atoms with Crippen molar-refractivity contribution in [2.75, 3.05) is 13.1 Å². The lowest BCUT2D eigenvalue weighted by molar-refractivity contribution is 0.148. The second-order valence-electron chi connectivity index (χ2n) is 10.2. The van der Waals surface area contributed by atoms with E-state index in [0.717, 1.165) is 60.3 Å². The Hall–Kier alpha value is -3.50. The van der Waals surface area contributed by atoms with Gasteiger partial charge in [-0.3, -0.25) is 0 Å². The number of halogens is 2. The number of carbonyl (C=O) groups excluding carboxylic acids is 1. The molecule has 1 N–H and O–H groups in total. The van der Waals surface area contributed by atoms with Crippen molar-refractivity contribution in [2.24, 2.45) is 0 Å². The standard InChI is InChI=1S/C28H28BF2N5O2/c30-24(31)11-18-3-1-2-4-21(18)22-12-23(38)26-27(22)36-15-19(5-6-25(36)34-26)20-13-32-28(33-14-20)17-7-9-35(10-8-17)29-16-37/h1-6,13-17,22-24,29,38H,7-12H2/t22-,23-/m1/s1. The molecule has 1 aliphatic carbocycles. The van der Waals surface area contributed by atoms with E-state index in [2.05, 4.69) is 19.8 Å². The van der Waals surface area contributed by atoms with Gasteiger partial charge in [0.1, 0.15) is 11.5 Å². The lowest BCUT2D eigenvalue weighted by Gasteiger charge is -2.29. The van der Waals surface area contributed by atoms with Gasteiger partial charge in [0.25, 0.3) is 7.41 Å². The number of fused-ring (bicyclic) bond motifs is 3. The third-order valence-corrected chi connectivity index (χ3v) is 7.88. The molecule has 1 saturated heterocycles. The van der Waals surface area contributed by atoms with E-state index in [-0.39, 0.29) is 18.3 Å². The minimum Gasteiger partial charge on any atom is -0.387 e. The lowest BCUT2D eigenvalue weighted by atomic mass is 9.87. The van der Waals surface area contributed by atoms with Gasteiger partial charge in [-0.15, -0.1) is 0 Å². The Morgan fingerprint density at radius 1 is 1.08 bits per heavy atom. The van der Waals surface area contributed by atoms with Crippen LogP contribution in [0.5, 0.6) is 0 Å². The van der Waals surface area contributed by atoms with Crippen molar-refractivity contribution in [2.45, 2.75) is 50.0 Å². The zero-order valence-corrected chi connectivity index (χ0v) is 20.9. The van der Waals surface area contributed by atoms with E-state index in [0.29, 0.717) is 30.7 Å². The smallest absolute Gasteiger partial charge is 0.281 e. The topological polar surface area (TPSA) is 83.6 Å². The molecule has 1 aliphatic heterocycles. The van der Waals surface area contributed by atoms with Gasteiger partial charge in [-0.2, -0.15) is 0 Å².